The summed E-state index contributed by atoms with van der Waals surface area (Å²) < 4.78 is 13.1. The molecule has 0 radical (unpaired) electrons. The van der Waals surface area contributed by atoms with Crippen LogP contribution >= 0.6 is 0 Å². The van der Waals surface area contributed by atoms with Crippen molar-refractivity contribution in [1.29, 1.82) is 0 Å². The van der Waals surface area contributed by atoms with Gasteiger partial charge in [-0.2, -0.15) is 4.68 Å². The Hall–Kier alpha value is -3.68. The number of ether oxygens (including phenoxy) is 2. The summed E-state index contributed by atoms with van der Waals surface area (Å²) in [4.78, 5) is 12.4. The number of ketones is 1. The fourth-order valence-electron chi connectivity index (χ4n) is 3.67. The first-order valence-corrected chi connectivity index (χ1v) is 9.69. The Morgan fingerprint density at radius 1 is 1.17 bits per heavy atom. The van der Waals surface area contributed by atoms with Crippen LogP contribution < -0.4 is 14.8 Å². The van der Waals surface area contributed by atoms with Crippen LogP contribution in [0, 0.1) is 0 Å². The van der Waals surface area contributed by atoms with Gasteiger partial charge in [0.05, 0.1) is 13.7 Å². The molecule has 30 heavy (non-hydrogen) atoms. The molecule has 1 unspecified atom stereocenters. The molecule has 2 aromatic carbocycles. The van der Waals surface area contributed by atoms with Crippen LogP contribution in [-0.2, 0) is 11.2 Å². The highest BCUT2D eigenvalue weighted by atomic mass is 16.5. The third-order valence-electron chi connectivity index (χ3n) is 5.09. The second-order valence-electron chi connectivity index (χ2n) is 7.06. The Bertz CT molecular complexity index is 1090. The number of carbonyl (C=O) groups excluding carboxylic acids is 1. The molecule has 0 saturated carbocycles. The number of tetrazole rings is 1. The van der Waals surface area contributed by atoms with Gasteiger partial charge in [0, 0.05) is 17.7 Å². The maximum atomic E-state index is 12.4. The minimum atomic E-state index is -0.444. The number of methoxy groups -OCH3 is 1. The SMILES string of the molecule is COc1cc(C2C(C(C)=O)=C(C)Nc3nnnn32)ccc1OCCc1ccccc1. The van der Waals surface area contributed by atoms with Gasteiger partial charge in [-0.3, -0.25) is 4.79 Å². The van der Waals surface area contributed by atoms with Crippen molar-refractivity contribution in [2.75, 3.05) is 19.0 Å². The molecule has 3 aromatic rings. The monoisotopic (exact) mass is 405 g/mol. The lowest BCUT2D eigenvalue weighted by Gasteiger charge is -2.27. The lowest BCUT2D eigenvalue weighted by atomic mass is 9.93. The summed E-state index contributed by atoms with van der Waals surface area (Å²) in [6.07, 6.45) is 0.796. The van der Waals surface area contributed by atoms with Gasteiger partial charge < -0.3 is 14.8 Å². The second-order valence-corrected chi connectivity index (χ2v) is 7.06. The minimum Gasteiger partial charge on any atom is -0.493 e. The van der Waals surface area contributed by atoms with Crippen molar-refractivity contribution in [3.8, 4) is 11.5 Å². The zero-order valence-electron chi connectivity index (χ0n) is 17.1. The normalized spacial score (nSPS) is 15.4. The fourth-order valence-corrected chi connectivity index (χ4v) is 3.67. The van der Waals surface area contributed by atoms with E-state index in [4.69, 9.17) is 9.47 Å². The summed E-state index contributed by atoms with van der Waals surface area (Å²) in [6, 6.07) is 15.4. The molecule has 8 nitrogen and oxygen atoms in total. The number of benzene rings is 2. The Labute approximate surface area is 174 Å². The third kappa shape index (κ3) is 3.76. The predicted octanol–water partition coefficient (Wildman–Crippen LogP) is 3.18. The van der Waals surface area contributed by atoms with E-state index in [-0.39, 0.29) is 5.78 Å². The smallest absolute Gasteiger partial charge is 0.248 e. The Balaban J connectivity index is 1.61. The van der Waals surface area contributed by atoms with Gasteiger partial charge in [-0.1, -0.05) is 41.5 Å². The first kappa shape index (κ1) is 19.6. The third-order valence-corrected chi connectivity index (χ3v) is 5.09. The molecule has 0 fully saturated rings. The molecule has 2 heterocycles. The van der Waals surface area contributed by atoms with Gasteiger partial charge in [-0.25, -0.2) is 0 Å². The number of carbonyl (C=O) groups is 1. The largest absolute Gasteiger partial charge is 0.493 e. The van der Waals surface area contributed by atoms with Gasteiger partial charge in [0.15, 0.2) is 17.3 Å². The van der Waals surface area contributed by atoms with Crippen molar-refractivity contribution in [2.45, 2.75) is 26.3 Å². The Kier molecular flexibility index (Phi) is 5.47. The first-order valence-electron chi connectivity index (χ1n) is 9.69. The highest BCUT2D eigenvalue weighted by molar-refractivity contribution is 5.96. The van der Waals surface area contributed by atoms with Crippen LogP contribution in [0.5, 0.6) is 11.5 Å². The molecule has 4 rings (SSSR count). The van der Waals surface area contributed by atoms with E-state index >= 15 is 0 Å². The predicted molar refractivity (Wildman–Crippen MR) is 112 cm³/mol. The van der Waals surface area contributed by atoms with Crippen LogP contribution in [-0.4, -0.2) is 39.7 Å². The van der Waals surface area contributed by atoms with E-state index in [0.717, 1.165) is 17.7 Å². The molecule has 0 amide bonds. The minimum absolute atomic E-state index is 0.0479. The molecule has 154 valence electrons. The molecule has 0 aliphatic carbocycles. The summed E-state index contributed by atoms with van der Waals surface area (Å²) >= 11 is 0. The number of nitrogens with one attached hydrogen (secondary N) is 1. The van der Waals surface area contributed by atoms with E-state index in [2.05, 4.69) is 33.0 Å². The molecule has 0 spiro atoms. The molecule has 1 atom stereocenters. The Morgan fingerprint density at radius 2 is 1.97 bits per heavy atom. The summed E-state index contributed by atoms with van der Waals surface area (Å²) in [7, 11) is 1.60. The number of nitrogens with zero attached hydrogens (tertiary/aromatic N) is 4. The van der Waals surface area contributed by atoms with Crippen LogP contribution in [0.15, 0.2) is 59.8 Å². The highest BCUT2D eigenvalue weighted by Crippen LogP contribution is 2.38. The van der Waals surface area contributed by atoms with Gasteiger partial charge >= 0.3 is 0 Å². The van der Waals surface area contributed by atoms with Gasteiger partial charge in [0.25, 0.3) is 0 Å². The zero-order chi connectivity index (χ0) is 21.1. The topological polar surface area (TPSA) is 91.2 Å². The molecule has 0 saturated heterocycles. The maximum Gasteiger partial charge on any atom is 0.248 e. The molecule has 8 heteroatoms. The van der Waals surface area contributed by atoms with E-state index < -0.39 is 6.04 Å². The standard InChI is InChI=1S/C22H23N5O3/c1-14-20(15(2)28)21(27-22(23-14)24-25-26-27)17-9-10-18(19(13-17)29-3)30-12-11-16-7-5-4-6-8-16/h4-10,13,21H,11-12H2,1-3H3,(H,23,24,26). The van der Waals surface area contributed by atoms with Crippen LogP contribution in [0.4, 0.5) is 5.95 Å². The summed E-state index contributed by atoms with van der Waals surface area (Å²) in [5.74, 6) is 1.68. The zero-order valence-corrected chi connectivity index (χ0v) is 17.1. The average molecular weight is 405 g/mol. The van der Waals surface area contributed by atoms with E-state index in [1.54, 1.807) is 18.7 Å². The number of hydrogen-bond donors (Lipinski definition) is 1. The number of anilines is 1. The number of allylic oxidation sites excluding steroid dienone is 2. The van der Waals surface area contributed by atoms with Crippen LogP contribution in [0.3, 0.4) is 0 Å². The lowest BCUT2D eigenvalue weighted by Crippen LogP contribution is -2.27. The molecule has 0 bridgehead atoms. The summed E-state index contributed by atoms with van der Waals surface area (Å²) in [6.45, 7) is 3.92. The van der Waals surface area contributed by atoms with Crippen molar-refractivity contribution in [3.63, 3.8) is 0 Å². The second kappa shape index (κ2) is 8.36. The van der Waals surface area contributed by atoms with E-state index in [1.165, 1.54) is 5.56 Å². The van der Waals surface area contributed by atoms with Gasteiger partial charge in [0.2, 0.25) is 5.95 Å². The van der Waals surface area contributed by atoms with Gasteiger partial charge in [0.1, 0.15) is 6.04 Å². The fraction of sp³-hybridized carbons (Fsp3) is 0.273. The first-order chi connectivity index (χ1) is 14.6. The number of fused-ring (bicyclic) bond motifs is 1. The van der Waals surface area contributed by atoms with Crippen molar-refractivity contribution in [1.82, 2.24) is 20.2 Å². The summed E-state index contributed by atoms with van der Waals surface area (Å²) in [5.41, 5.74) is 3.38. The van der Waals surface area contributed by atoms with Gasteiger partial charge in [-0.05, 0) is 47.5 Å². The quantitative estimate of drug-likeness (QED) is 0.645. The number of rotatable bonds is 7. The molecule has 1 aliphatic rings. The van der Waals surface area contributed by atoms with E-state index in [0.29, 0.717) is 29.6 Å². The van der Waals surface area contributed by atoms with Crippen molar-refractivity contribution < 1.29 is 14.3 Å². The highest BCUT2D eigenvalue weighted by Gasteiger charge is 2.32. The lowest BCUT2D eigenvalue weighted by molar-refractivity contribution is -0.114. The van der Waals surface area contributed by atoms with Crippen LogP contribution in [0.1, 0.15) is 31.0 Å². The molecular formula is C22H23N5O3. The van der Waals surface area contributed by atoms with E-state index in [1.807, 2.05) is 43.3 Å². The molecular weight excluding hydrogens is 382 g/mol. The number of Topliss-reactive ketones (excluding diaryl/α,β-unsaturated/α-hetero) is 1. The maximum absolute atomic E-state index is 12.4. The molecule has 1 aromatic heterocycles. The Morgan fingerprint density at radius 3 is 2.70 bits per heavy atom. The van der Waals surface area contributed by atoms with E-state index in [9.17, 15) is 4.79 Å². The van der Waals surface area contributed by atoms with Crippen LogP contribution in [0.25, 0.3) is 0 Å². The van der Waals surface area contributed by atoms with Crippen molar-refractivity contribution >= 4 is 11.7 Å². The van der Waals surface area contributed by atoms with Crippen molar-refractivity contribution in [2.24, 2.45) is 0 Å². The van der Waals surface area contributed by atoms with Gasteiger partial charge in [-0.15, -0.1) is 0 Å². The summed E-state index contributed by atoms with van der Waals surface area (Å²) in [5, 5.41) is 14.9. The molecule has 1 N–H and O–H groups in total. The average Bonchev–Trinajstić information content (AvgIpc) is 3.21. The molecule has 1 aliphatic heterocycles. The van der Waals surface area contributed by atoms with Crippen LogP contribution in [0.2, 0.25) is 0 Å². The number of hydrogen-bond acceptors (Lipinski definition) is 7. The van der Waals surface area contributed by atoms with Crippen molar-refractivity contribution in [3.05, 3.63) is 70.9 Å². The number of aromatic nitrogens is 4.